The molecule has 0 aliphatic rings. The Bertz CT molecular complexity index is 419. The van der Waals surface area contributed by atoms with Crippen LogP contribution in [0.3, 0.4) is 0 Å². The number of rotatable bonds is 8. The van der Waals surface area contributed by atoms with Crippen LogP contribution in [0.25, 0.3) is 0 Å². The summed E-state index contributed by atoms with van der Waals surface area (Å²) < 4.78 is 5.58. The zero-order valence-electron chi connectivity index (χ0n) is 12.0. The van der Waals surface area contributed by atoms with E-state index < -0.39 is 0 Å². The SMILES string of the molecule is C=C(C)CCOc1cc(CNCC(C)C)c(Cl)cn1. The van der Waals surface area contributed by atoms with Gasteiger partial charge in [-0.15, -0.1) is 6.58 Å². The lowest BCUT2D eigenvalue weighted by Gasteiger charge is -2.11. The van der Waals surface area contributed by atoms with E-state index in [0.29, 0.717) is 23.4 Å². The highest BCUT2D eigenvalue weighted by Gasteiger charge is 2.05. The zero-order valence-corrected chi connectivity index (χ0v) is 12.8. The van der Waals surface area contributed by atoms with Crippen LogP contribution in [0.15, 0.2) is 24.4 Å². The van der Waals surface area contributed by atoms with Gasteiger partial charge in [-0.2, -0.15) is 0 Å². The smallest absolute Gasteiger partial charge is 0.213 e. The Morgan fingerprint density at radius 1 is 1.53 bits per heavy atom. The van der Waals surface area contributed by atoms with Gasteiger partial charge in [0, 0.05) is 25.2 Å². The van der Waals surface area contributed by atoms with Crippen LogP contribution in [0.5, 0.6) is 5.88 Å². The highest BCUT2D eigenvalue weighted by Crippen LogP contribution is 2.19. The third-order valence-electron chi connectivity index (χ3n) is 2.56. The van der Waals surface area contributed by atoms with Gasteiger partial charge in [-0.1, -0.05) is 31.0 Å². The topological polar surface area (TPSA) is 34.1 Å². The highest BCUT2D eigenvalue weighted by atomic mass is 35.5. The molecule has 0 unspecified atom stereocenters. The molecule has 3 nitrogen and oxygen atoms in total. The lowest BCUT2D eigenvalue weighted by atomic mass is 10.2. The predicted octanol–water partition coefficient (Wildman–Crippen LogP) is 3.83. The molecule has 0 bridgehead atoms. The number of hydrogen-bond acceptors (Lipinski definition) is 3. The molecular formula is C15H23ClN2O. The first kappa shape index (κ1) is 16.0. The van der Waals surface area contributed by atoms with E-state index in [-0.39, 0.29) is 0 Å². The van der Waals surface area contributed by atoms with Crippen LogP contribution in [0.1, 0.15) is 32.8 Å². The fourth-order valence-electron chi connectivity index (χ4n) is 1.50. The molecule has 0 aliphatic carbocycles. The van der Waals surface area contributed by atoms with Crippen molar-refractivity contribution in [3.05, 3.63) is 35.0 Å². The first-order valence-corrected chi connectivity index (χ1v) is 6.99. The number of ether oxygens (including phenoxy) is 1. The van der Waals surface area contributed by atoms with Gasteiger partial charge in [0.2, 0.25) is 5.88 Å². The number of nitrogens with one attached hydrogen (secondary N) is 1. The largest absolute Gasteiger partial charge is 0.477 e. The molecule has 0 saturated heterocycles. The molecule has 0 spiro atoms. The minimum absolute atomic E-state index is 0.600. The number of nitrogens with zero attached hydrogens (tertiary/aromatic N) is 1. The van der Waals surface area contributed by atoms with E-state index in [4.69, 9.17) is 16.3 Å². The van der Waals surface area contributed by atoms with Crippen LogP contribution in [-0.4, -0.2) is 18.1 Å². The predicted molar refractivity (Wildman–Crippen MR) is 80.7 cm³/mol. The summed E-state index contributed by atoms with van der Waals surface area (Å²) in [5, 5.41) is 4.03. The number of pyridine rings is 1. The van der Waals surface area contributed by atoms with Gasteiger partial charge in [-0.25, -0.2) is 4.98 Å². The van der Waals surface area contributed by atoms with E-state index in [1.807, 2.05) is 13.0 Å². The Hall–Kier alpha value is -1.06. The Labute approximate surface area is 121 Å². The van der Waals surface area contributed by atoms with Crippen LogP contribution in [0.2, 0.25) is 5.02 Å². The summed E-state index contributed by atoms with van der Waals surface area (Å²) in [5.74, 6) is 1.24. The van der Waals surface area contributed by atoms with Crippen LogP contribution in [-0.2, 0) is 6.54 Å². The van der Waals surface area contributed by atoms with E-state index in [1.165, 1.54) is 0 Å². The first-order valence-electron chi connectivity index (χ1n) is 6.61. The molecule has 0 atom stereocenters. The van der Waals surface area contributed by atoms with Gasteiger partial charge in [0.1, 0.15) is 0 Å². The van der Waals surface area contributed by atoms with Crippen LogP contribution in [0.4, 0.5) is 0 Å². The molecule has 1 N–H and O–H groups in total. The minimum Gasteiger partial charge on any atom is -0.477 e. The Morgan fingerprint density at radius 2 is 2.26 bits per heavy atom. The molecule has 1 aromatic heterocycles. The van der Waals surface area contributed by atoms with Crippen molar-refractivity contribution < 1.29 is 4.74 Å². The maximum absolute atomic E-state index is 6.12. The molecule has 1 heterocycles. The molecule has 19 heavy (non-hydrogen) atoms. The van der Waals surface area contributed by atoms with E-state index >= 15 is 0 Å². The summed E-state index contributed by atoms with van der Waals surface area (Å²) in [5.41, 5.74) is 2.12. The normalized spacial score (nSPS) is 10.8. The van der Waals surface area contributed by atoms with E-state index in [0.717, 1.165) is 30.6 Å². The van der Waals surface area contributed by atoms with Gasteiger partial charge >= 0.3 is 0 Å². The van der Waals surface area contributed by atoms with Crippen LogP contribution < -0.4 is 10.1 Å². The fraction of sp³-hybridized carbons (Fsp3) is 0.533. The van der Waals surface area contributed by atoms with Gasteiger partial charge in [0.05, 0.1) is 11.6 Å². The lowest BCUT2D eigenvalue weighted by molar-refractivity contribution is 0.309. The molecule has 0 fully saturated rings. The van der Waals surface area contributed by atoms with Crippen molar-refractivity contribution in [3.8, 4) is 5.88 Å². The first-order chi connectivity index (χ1) is 8.99. The van der Waals surface area contributed by atoms with Gasteiger partial charge < -0.3 is 10.1 Å². The third-order valence-corrected chi connectivity index (χ3v) is 2.90. The average molecular weight is 283 g/mol. The average Bonchev–Trinajstić information content (AvgIpc) is 2.32. The van der Waals surface area contributed by atoms with Gasteiger partial charge in [0.25, 0.3) is 0 Å². The molecule has 0 aromatic carbocycles. The van der Waals surface area contributed by atoms with Crippen LogP contribution in [0, 0.1) is 5.92 Å². The summed E-state index contributed by atoms with van der Waals surface area (Å²) >= 11 is 6.12. The van der Waals surface area contributed by atoms with Crippen molar-refractivity contribution in [1.82, 2.24) is 10.3 Å². The summed E-state index contributed by atoms with van der Waals surface area (Å²) in [6.45, 7) is 12.5. The van der Waals surface area contributed by atoms with E-state index in [1.54, 1.807) is 6.20 Å². The zero-order chi connectivity index (χ0) is 14.3. The van der Waals surface area contributed by atoms with Crippen molar-refractivity contribution in [2.24, 2.45) is 5.92 Å². The van der Waals surface area contributed by atoms with Crippen LogP contribution >= 0.6 is 11.6 Å². The molecule has 106 valence electrons. The van der Waals surface area contributed by atoms with Crippen molar-refractivity contribution in [1.29, 1.82) is 0 Å². The molecular weight excluding hydrogens is 260 g/mol. The number of aromatic nitrogens is 1. The Balaban J connectivity index is 2.53. The second-order valence-corrected chi connectivity index (χ2v) is 5.60. The molecule has 0 saturated carbocycles. The maximum Gasteiger partial charge on any atom is 0.213 e. The summed E-state index contributed by atoms with van der Waals surface area (Å²) in [7, 11) is 0. The fourth-order valence-corrected chi connectivity index (χ4v) is 1.67. The molecule has 1 aromatic rings. The second kappa shape index (κ2) is 8.18. The van der Waals surface area contributed by atoms with Gasteiger partial charge in [0.15, 0.2) is 0 Å². The number of hydrogen-bond donors (Lipinski definition) is 1. The standard InChI is InChI=1S/C15H23ClN2O/c1-11(2)5-6-19-15-7-13(14(16)10-18-15)9-17-8-12(3)4/h7,10,12,17H,1,5-6,8-9H2,2-4H3. The second-order valence-electron chi connectivity index (χ2n) is 5.19. The molecule has 1 rings (SSSR count). The Kier molecular flexibility index (Phi) is 6.89. The molecule has 4 heteroatoms. The molecule has 0 amide bonds. The summed E-state index contributed by atoms with van der Waals surface area (Å²) in [4.78, 5) is 4.17. The summed E-state index contributed by atoms with van der Waals surface area (Å²) in [6.07, 6.45) is 2.48. The molecule has 0 aliphatic heterocycles. The van der Waals surface area contributed by atoms with Crippen molar-refractivity contribution in [2.75, 3.05) is 13.2 Å². The van der Waals surface area contributed by atoms with Crippen molar-refractivity contribution in [3.63, 3.8) is 0 Å². The minimum atomic E-state index is 0.600. The van der Waals surface area contributed by atoms with E-state index in [9.17, 15) is 0 Å². The van der Waals surface area contributed by atoms with Crippen molar-refractivity contribution in [2.45, 2.75) is 33.7 Å². The van der Waals surface area contributed by atoms with E-state index in [2.05, 4.69) is 30.7 Å². The summed E-state index contributed by atoms with van der Waals surface area (Å²) in [6, 6.07) is 1.90. The lowest BCUT2D eigenvalue weighted by Crippen LogP contribution is -2.19. The van der Waals surface area contributed by atoms with Gasteiger partial charge in [-0.3, -0.25) is 0 Å². The third kappa shape index (κ3) is 6.60. The molecule has 0 radical (unpaired) electrons. The maximum atomic E-state index is 6.12. The quantitative estimate of drug-likeness (QED) is 0.736. The monoisotopic (exact) mass is 282 g/mol. The number of halogens is 1. The van der Waals surface area contributed by atoms with Gasteiger partial charge in [-0.05, 0) is 24.9 Å². The highest BCUT2D eigenvalue weighted by molar-refractivity contribution is 6.31. The Morgan fingerprint density at radius 3 is 2.89 bits per heavy atom. The van der Waals surface area contributed by atoms with Crippen molar-refractivity contribution >= 4 is 11.6 Å².